The summed E-state index contributed by atoms with van der Waals surface area (Å²) in [5, 5.41) is 6.03. The van der Waals surface area contributed by atoms with Crippen molar-refractivity contribution >= 4 is 17.8 Å². The molecule has 2 aromatic rings. The zero-order valence-electron chi connectivity index (χ0n) is 21.1. The van der Waals surface area contributed by atoms with E-state index in [1.54, 1.807) is 9.80 Å². The molecule has 2 N–H and O–H groups in total. The maximum Gasteiger partial charge on any atom is 0.322 e. The lowest BCUT2D eigenvalue weighted by Gasteiger charge is -2.33. The van der Waals surface area contributed by atoms with Crippen molar-refractivity contribution in [1.29, 1.82) is 0 Å². The van der Waals surface area contributed by atoms with Gasteiger partial charge >= 0.3 is 6.03 Å². The molecule has 0 radical (unpaired) electrons. The standard InChI is InChI=1S/C28H34N4O3/c1-6-31-23-16-32(22(26(33)29-17(2)3)15-20-10-8-7-9-11-20)27(34)24(23)25(30-28(31)35)21-13-12-18(4)14-19(21)5/h7-14,17,22,25H,6,15-16H2,1-5H3,(H,29,33)(H,30,35)/t22-,25+/m1/s1. The molecule has 2 aliphatic heterocycles. The van der Waals surface area contributed by atoms with Crippen molar-refractivity contribution in [3.05, 3.63) is 82.1 Å². The molecule has 0 spiro atoms. The van der Waals surface area contributed by atoms with Crippen molar-refractivity contribution in [2.45, 2.75) is 59.2 Å². The van der Waals surface area contributed by atoms with Gasteiger partial charge in [0, 0.05) is 19.0 Å². The third-order valence-corrected chi connectivity index (χ3v) is 6.68. The van der Waals surface area contributed by atoms with Crippen molar-refractivity contribution in [3.63, 3.8) is 0 Å². The number of hydrogen-bond acceptors (Lipinski definition) is 3. The molecule has 0 unspecified atom stereocenters. The van der Waals surface area contributed by atoms with E-state index in [-0.39, 0.29) is 30.4 Å². The number of hydrogen-bond donors (Lipinski definition) is 2. The van der Waals surface area contributed by atoms with Crippen LogP contribution in [0.2, 0.25) is 0 Å². The lowest BCUT2D eigenvalue weighted by molar-refractivity contribution is -0.136. The van der Waals surface area contributed by atoms with Crippen LogP contribution in [0.5, 0.6) is 0 Å². The van der Waals surface area contributed by atoms with Crippen molar-refractivity contribution < 1.29 is 14.4 Å². The number of carbonyl (C=O) groups is 3. The van der Waals surface area contributed by atoms with Crippen LogP contribution in [0.25, 0.3) is 0 Å². The molecule has 184 valence electrons. The molecule has 2 atom stereocenters. The molecular weight excluding hydrogens is 440 g/mol. The van der Waals surface area contributed by atoms with Gasteiger partial charge in [0.2, 0.25) is 5.91 Å². The number of rotatable bonds is 7. The molecule has 2 aliphatic rings. The maximum atomic E-state index is 14.0. The molecule has 2 aromatic carbocycles. The molecule has 0 fully saturated rings. The van der Waals surface area contributed by atoms with Gasteiger partial charge in [-0.3, -0.25) is 14.5 Å². The Morgan fingerprint density at radius 2 is 1.83 bits per heavy atom. The Labute approximate surface area is 207 Å². The van der Waals surface area contributed by atoms with E-state index in [0.29, 0.717) is 24.2 Å². The van der Waals surface area contributed by atoms with Crippen molar-refractivity contribution in [3.8, 4) is 0 Å². The van der Waals surface area contributed by atoms with E-state index in [0.717, 1.165) is 22.3 Å². The fraction of sp³-hybridized carbons (Fsp3) is 0.393. The van der Waals surface area contributed by atoms with E-state index in [1.807, 2.05) is 77.1 Å². The van der Waals surface area contributed by atoms with Gasteiger partial charge in [-0.15, -0.1) is 0 Å². The summed E-state index contributed by atoms with van der Waals surface area (Å²) in [6.45, 7) is 10.4. The first-order valence-electron chi connectivity index (χ1n) is 12.2. The van der Waals surface area contributed by atoms with Crippen molar-refractivity contribution in [2.75, 3.05) is 13.1 Å². The fourth-order valence-corrected chi connectivity index (χ4v) is 5.04. The molecule has 35 heavy (non-hydrogen) atoms. The highest BCUT2D eigenvalue weighted by molar-refractivity contribution is 6.03. The third-order valence-electron chi connectivity index (χ3n) is 6.68. The van der Waals surface area contributed by atoms with Gasteiger partial charge in [-0.05, 0) is 51.3 Å². The topological polar surface area (TPSA) is 81.8 Å². The molecule has 0 saturated heterocycles. The summed E-state index contributed by atoms with van der Waals surface area (Å²) < 4.78 is 0. The highest BCUT2D eigenvalue weighted by Gasteiger charge is 2.47. The van der Waals surface area contributed by atoms with Crippen LogP contribution in [-0.4, -0.2) is 52.8 Å². The first-order valence-corrected chi connectivity index (χ1v) is 12.2. The minimum Gasteiger partial charge on any atom is -0.352 e. The zero-order chi connectivity index (χ0) is 25.3. The molecule has 0 aliphatic carbocycles. The molecule has 7 nitrogen and oxygen atoms in total. The summed E-state index contributed by atoms with van der Waals surface area (Å²) in [5.74, 6) is -0.397. The number of carbonyl (C=O) groups excluding carboxylic acids is 3. The minimum atomic E-state index is -0.688. The van der Waals surface area contributed by atoms with E-state index in [1.165, 1.54) is 0 Å². The molecule has 2 heterocycles. The Morgan fingerprint density at radius 1 is 1.11 bits per heavy atom. The number of amides is 4. The van der Waals surface area contributed by atoms with Crippen LogP contribution in [0, 0.1) is 13.8 Å². The Hall–Kier alpha value is -3.61. The molecular formula is C28H34N4O3. The van der Waals surface area contributed by atoms with Crippen LogP contribution in [0.1, 0.15) is 49.1 Å². The smallest absolute Gasteiger partial charge is 0.322 e. The second-order valence-electron chi connectivity index (χ2n) is 9.65. The van der Waals surface area contributed by atoms with Gasteiger partial charge in [0.15, 0.2) is 0 Å². The van der Waals surface area contributed by atoms with E-state index in [4.69, 9.17) is 0 Å². The van der Waals surface area contributed by atoms with E-state index >= 15 is 0 Å². The Balaban J connectivity index is 1.74. The zero-order valence-corrected chi connectivity index (χ0v) is 21.1. The van der Waals surface area contributed by atoms with E-state index in [9.17, 15) is 14.4 Å². The predicted octanol–water partition coefficient (Wildman–Crippen LogP) is 3.62. The molecule has 4 rings (SSSR count). The fourth-order valence-electron chi connectivity index (χ4n) is 5.04. The van der Waals surface area contributed by atoms with Crippen LogP contribution in [-0.2, 0) is 16.0 Å². The van der Waals surface area contributed by atoms with Gasteiger partial charge in [-0.1, -0.05) is 54.1 Å². The number of likely N-dealkylation sites (N-methyl/N-ethyl adjacent to an activating group) is 1. The summed E-state index contributed by atoms with van der Waals surface area (Å²) in [5.41, 5.74) is 5.23. The Kier molecular flexibility index (Phi) is 6.96. The average Bonchev–Trinajstić information content (AvgIpc) is 3.14. The lowest BCUT2D eigenvalue weighted by Crippen LogP contribution is -2.51. The third kappa shape index (κ3) is 4.81. The SMILES string of the molecule is CCN1C(=O)N[C@@H](c2ccc(C)cc2C)C2=C1CN([C@H](Cc1ccccc1)C(=O)NC(C)C)C2=O. The van der Waals surface area contributed by atoms with Crippen LogP contribution in [0.4, 0.5) is 4.79 Å². The molecule has 7 heteroatoms. The van der Waals surface area contributed by atoms with Crippen LogP contribution >= 0.6 is 0 Å². The van der Waals surface area contributed by atoms with Gasteiger partial charge in [0.25, 0.3) is 5.91 Å². The normalized spacial score (nSPS) is 18.6. The quantitative estimate of drug-likeness (QED) is 0.643. The lowest BCUT2D eigenvalue weighted by atomic mass is 9.91. The number of nitrogens with one attached hydrogen (secondary N) is 2. The second-order valence-corrected chi connectivity index (χ2v) is 9.65. The Morgan fingerprint density at radius 3 is 2.46 bits per heavy atom. The van der Waals surface area contributed by atoms with Gasteiger partial charge in [0.1, 0.15) is 6.04 Å². The summed E-state index contributed by atoms with van der Waals surface area (Å²) in [6, 6.07) is 14.2. The number of urea groups is 1. The summed E-state index contributed by atoms with van der Waals surface area (Å²) in [7, 11) is 0. The number of nitrogens with zero attached hydrogens (tertiary/aromatic N) is 2. The van der Waals surface area contributed by atoms with E-state index in [2.05, 4.69) is 16.7 Å². The number of benzene rings is 2. The summed E-state index contributed by atoms with van der Waals surface area (Å²) in [4.78, 5) is 43.6. The van der Waals surface area contributed by atoms with Gasteiger partial charge in [-0.25, -0.2) is 4.79 Å². The molecule has 0 saturated carbocycles. The maximum absolute atomic E-state index is 14.0. The largest absolute Gasteiger partial charge is 0.352 e. The monoisotopic (exact) mass is 474 g/mol. The van der Waals surface area contributed by atoms with E-state index < -0.39 is 12.1 Å². The van der Waals surface area contributed by atoms with Crippen LogP contribution in [0.3, 0.4) is 0 Å². The van der Waals surface area contributed by atoms with Crippen LogP contribution in [0.15, 0.2) is 59.8 Å². The van der Waals surface area contributed by atoms with Crippen molar-refractivity contribution in [1.82, 2.24) is 20.4 Å². The summed E-state index contributed by atoms with van der Waals surface area (Å²) in [6.07, 6.45) is 0.396. The van der Waals surface area contributed by atoms with Gasteiger partial charge in [0.05, 0.1) is 23.9 Å². The predicted molar refractivity (Wildman–Crippen MR) is 136 cm³/mol. The molecule has 0 aromatic heterocycles. The number of aryl methyl sites for hydroxylation is 2. The van der Waals surface area contributed by atoms with Gasteiger partial charge < -0.3 is 15.5 Å². The molecule has 4 amide bonds. The second kappa shape index (κ2) is 9.94. The van der Waals surface area contributed by atoms with Crippen LogP contribution < -0.4 is 10.6 Å². The van der Waals surface area contributed by atoms with Crippen molar-refractivity contribution in [2.24, 2.45) is 0 Å². The highest BCUT2D eigenvalue weighted by atomic mass is 16.2. The first-order chi connectivity index (χ1) is 16.7. The Bertz CT molecular complexity index is 1170. The first kappa shape index (κ1) is 24.5. The summed E-state index contributed by atoms with van der Waals surface area (Å²) >= 11 is 0. The minimum absolute atomic E-state index is 0.0561. The average molecular weight is 475 g/mol. The van der Waals surface area contributed by atoms with Gasteiger partial charge in [-0.2, -0.15) is 0 Å². The highest BCUT2D eigenvalue weighted by Crippen LogP contribution is 2.38. The molecule has 0 bridgehead atoms.